The van der Waals surface area contributed by atoms with Crippen molar-refractivity contribution in [2.24, 2.45) is 0 Å². The molecule has 0 aliphatic rings. The summed E-state index contributed by atoms with van der Waals surface area (Å²) in [6.45, 7) is 1.64. The van der Waals surface area contributed by atoms with Crippen molar-refractivity contribution in [1.82, 2.24) is 5.32 Å². The third-order valence-corrected chi connectivity index (χ3v) is 3.52. The molecule has 1 aromatic rings. The first-order valence-electron chi connectivity index (χ1n) is 4.91. The van der Waals surface area contributed by atoms with Gasteiger partial charge in [0, 0.05) is 12.8 Å². The van der Waals surface area contributed by atoms with Gasteiger partial charge in [-0.25, -0.2) is 12.8 Å². The predicted molar refractivity (Wildman–Crippen MR) is 61.9 cm³/mol. The van der Waals surface area contributed by atoms with E-state index in [4.69, 9.17) is 0 Å². The molecule has 0 aliphatic heterocycles. The van der Waals surface area contributed by atoms with Crippen LogP contribution in [0.2, 0.25) is 0 Å². The third kappa shape index (κ3) is 3.02. The van der Waals surface area contributed by atoms with E-state index in [0.717, 1.165) is 6.26 Å². The fourth-order valence-corrected chi connectivity index (χ4v) is 2.11. The maximum Gasteiger partial charge on any atom is 0.175 e. The van der Waals surface area contributed by atoms with Gasteiger partial charge >= 0.3 is 0 Å². The van der Waals surface area contributed by atoms with Crippen molar-refractivity contribution in [3.63, 3.8) is 0 Å². The topological polar surface area (TPSA) is 46.2 Å². The van der Waals surface area contributed by atoms with E-state index in [1.807, 2.05) is 0 Å². The summed E-state index contributed by atoms with van der Waals surface area (Å²) in [7, 11) is -1.55. The minimum atomic E-state index is -3.22. The van der Waals surface area contributed by atoms with E-state index in [1.165, 1.54) is 31.2 Å². The van der Waals surface area contributed by atoms with Crippen LogP contribution < -0.4 is 5.32 Å². The smallest absolute Gasteiger partial charge is 0.175 e. The van der Waals surface area contributed by atoms with Crippen LogP contribution in [0.3, 0.4) is 0 Å². The Kier molecular flexibility index (Phi) is 3.70. The van der Waals surface area contributed by atoms with Gasteiger partial charge in [0.1, 0.15) is 5.67 Å². The molecule has 0 saturated heterocycles. The number of rotatable bonds is 4. The zero-order valence-corrected chi connectivity index (χ0v) is 10.4. The molecule has 0 fully saturated rings. The van der Waals surface area contributed by atoms with E-state index in [9.17, 15) is 12.8 Å². The summed E-state index contributed by atoms with van der Waals surface area (Å²) in [5.41, 5.74) is -1.03. The largest absolute Gasteiger partial charge is 0.316 e. The lowest BCUT2D eigenvalue weighted by molar-refractivity contribution is 0.190. The minimum absolute atomic E-state index is 0.186. The molecule has 1 N–H and O–H groups in total. The highest BCUT2D eigenvalue weighted by Crippen LogP contribution is 2.25. The fourth-order valence-electron chi connectivity index (χ4n) is 1.48. The molecule has 1 aromatic carbocycles. The Morgan fingerprint density at radius 3 is 2.19 bits per heavy atom. The van der Waals surface area contributed by atoms with Crippen LogP contribution in [0.5, 0.6) is 0 Å². The summed E-state index contributed by atoms with van der Waals surface area (Å²) < 4.78 is 36.5. The summed E-state index contributed by atoms with van der Waals surface area (Å²) in [5.74, 6) is 0. The predicted octanol–water partition coefficient (Wildman–Crippen LogP) is 1.49. The maximum absolute atomic E-state index is 14.0. The molecular formula is C11H16FNO2S. The second kappa shape index (κ2) is 4.51. The van der Waals surface area contributed by atoms with Crippen LogP contribution in [0, 0.1) is 0 Å². The number of hydrogen-bond acceptors (Lipinski definition) is 3. The Morgan fingerprint density at radius 2 is 1.81 bits per heavy atom. The van der Waals surface area contributed by atoms with Gasteiger partial charge in [0.2, 0.25) is 0 Å². The molecule has 0 saturated carbocycles. The molecule has 0 bridgehead atoms. The van der Waals surface area contributed by atoms with Gasteiger partial charge in [-0.2, -0.15) is 0 Å². The van der Waals surface area contributed by atoms with Gasteiger partial charge in [0.25, 0.3) is 0 Å². The van der Waals surface area contributed by atoms with Crippen LogP contribution in [0.4, 0.5) is 4.39 Å². The quantitative estimate of drug-likeness (QED) is 0.874. The van der Waals surface area contributed by atoms with Gasteiger partial charge < -0.3 is 5.32 Å². The summed E-state index contributed by atoms with van der Waals surface area (Å²) in [5, 5.41) is 2.76. The summed E-state index contributed by atoms with van der Waals surface area (Å²) in [6.07, 6.45) is 1.13. The van der Waals surface area contributed by atoms with Gasteiger partial charge in [-0.1, -0.05) is 12.1 Å². The van der Waals surface area contributed by atoms with Crippen molar-refractivity contribution in [2.45, 2.75) is 17.5 Å². The van der Waals surface area contributed by atoms with Crippen molar-refractivity contribution < 1.29 is 12.8 Å². The molecule has 1 rings (SSSR count). The van der Waals surface area contributed by atoms with E-state index < -0.39 is 15.5 Å². The lowest BCUT2D eigenvalue weighted by Crippen LogP contribution is -2.29. The third-order valence-electron chi connectivity index (χ3n) is 2.39. The Hall–Kier alpha value is -0.940. The monoisotopic (exact) mass is 245 g/mol. The van der Waals surface area contributed by atoms with Crippen LogP contribution in [0.15, 0.2) is 29.2 Å². The molecule has 5 heteroatoms. The Labute approximate surface area is 95.6 Å². The second-order valence-corrected chi connectivity index (χ2v) is 6.04. The minimum Gasteiger partial charge on any atom is -0.316 e. The zero-order valence-electron chi connectivity index (χ0n) is 9.62. The Balaban J connectivity index is 3.04. The lowest BCUT2D eigenvalue weighted by atomic mass is 9.98. The highest BCUT2D eigenvalue weighted by Gasteiger charge is 2.24. The molecule has 0 heterocycles. The normalized spacial score (nSPS) is 15.8. The van der Waals surface area contributed by atoms with Crippen LogP contribution in [-0.2, 0) is 15.5 Å². The number of likely N-dealkylation sites (N-methyl/N-ethyl adjacent to an activating group) is 1. The zero-order chi connectivity index (χ0) is 12.4. The SMILES string of the molecule is CNCC(C)(F)c1ccc(S(C)(=O)=O)cc1. The molecule has 1 atom stereocenters. The van der Waals surface area contributed by atoms with Gasteiger partial charge in [0.15, 0.2) is 9.84 Å². The van der Waals surface area contributed by atoms with Crippen LogP contribution in [0.25, 0.3) is 0 Å². The van der Waals surface area contributed by atoms with Crippen LogP contribution in [0.1, 0.15) is 12.5 Å². The number of nitrogens with one attached hydrogen (secondary N) is 1. The Bertz CT molecular complexity index is 451. The number of sulfone groups is 1. The van der Waals surface area contributed by atoms with E-state index in [1.54, 1.807) is 7.05 Å². The molecule has 0 amide bonds. The first-order chi connectivity index (χ1) is 7.27. The second-order valence-electron chi connectivity index (χ2n) is 4.02. The standard InChI is InChI=1S/C11H16FNO2S/c1-11(12,8-13-2)9-4-6-10(7-5-9)16(3,14)15/h4-7,13H,8H2,1-3H3. The highest BCUT2D eigenvalue weighted by atomic mass is 32.2. The average molecular weight is 245 g/mol. The van der Waals surface area contributed by atoms with Crippen molar-refractivity contribution >= 4 is 9.84 Å². The van der Waals surface area contributed by atoms with E-state index in [0.29, 0.717) is 5.56 Å². The first-order valence-corrected chi connectivity index (χ1v) is 6.80. The molecule has 3 nitrogen and oxygen atoms in total. The van der Waals surface area contributed by atoms with E-state index in [-0.39, 0.29) is 11.4 Å². The maximum atomic E-state index is 14.0. The summed E-state index contributed by atoms with van der Waals surface area (Å²) in [4.78, 5) is 0.205. The highest BCUT2D eigenvalue weighted by molar-refractivity contribution is 7.90. The molecule has 0 radical (unpaired) electrons. The molecule has 1 unspecified atom stereocenters. The van der Waals surface area contributed by atoms with Crippen molar-refractivity contribution in [1.29, 1.82) is 0 Å². The number of hydrogen-bond donors (Lipinski definition) is 1. The fraction of sp³-hybridized carbons (Fsp3) is 0.455. The lowest BCUT2D eigenvalue weighted by Gasteiger charge is -2.20. The summed E-state index contributed by atoms with van der Waals surface area (Å²) >= 11 is 0. The van der Waals surface area contributed by atoms with Crippen molar-refractivity contribution in [2.75, 3.05) is 19.8 Å². The van der Waals surface area contributed by atoms with E-state index in [2.05, 4.69) is 5.32 Å². The van der Waals surface area contributed by atoms with Crippen molar-refractivity contribution in [3.05, 3.63) is 29.8 Å². The van der Waals surface area contributed by atoms with Crippen molar-refractivity contribution in [3.8, 4) is 0 Å². The molecule has 0 spiro atoms. The molecule has 90 valence electrons. The number of alkyl halides is 1. The molecule has 16 heavy (non-hydrogen) atoms. The first kappa shape index (κ1) is 13.1. The van der Waals surface area contributed by atoms with Crippen LogP contribution >= 0.6 is 0 Å². The summed E-state index contributed by atoms with van der Waals surface area (Å²) in [6, 6.07) is 5.87. The molecule has 0 aromatic heterocycles. The van der Waals surface area contributed by atoms with Gasteiger partial charge in [0.05, 0.1) is 4.90 Å². The average Bonchev–Trinajstić information content (AvgIpc) is 2.16. The van der Waals surface area contributed by atoms with Gasteiger partial charge in [-0.15, -0.1) is 0 Å². The Morgan fingerprint density at radius 1 is 1.31 bits per heavy atom. The molecule has 0 aliphatic carbocycles. The molecular weight excluding hydrogens is 229 g/mol. The number of benzene rings is 1. The van der Waals surface area contributed by atoms with Crippen LogP contribution in [-0.4, -0.2) is 28.3 Å². The number of halogens is 1. The van der Waals surface area contributed by atoms with E-state index >= 15 is 0 Å². The van der Waals surface area contributed by atoms with Gasteiger partial charge in [-0.05, 0) is 31.7 Å². The van der Waals surface area contributed by atoms with Gasteiger partial charge in [-0.3, -0.25) is 0 Å².